The smallest absolute Gasteiger partial charge is 0.238 e. The Kier molecular flexibility index (Phi) is 6.91. The summed E-state index contributed by atoms with van der Waals surface area (Å²) in [5.74, 6) is -0.203. The predicted octanol–water partition coefficient (Wildman–Crippen LogP) is 3.05. The van der Waals surface area contributed by atoms with Crippen LogP contribution in [0.1, 0.15) is 39.0 Å². The molecule has 8 nitrogen and oxygen atoms in total. The van der Waals surface area contributed by atoms with E-state index >= 15 is 0 Å². The first kappa shape index (κ1) is 21.0. The van der Waals surface area contributed by atoms with Crippen LogP contribution in [0.5, 0.6) is 0 Å². The number of hydrogen-bond donors (Lipinski definition) is 3. The van der Waals surface area contributed by atoms with E-state index in [1.165, 1.54) is 66.6 Å². The van der Waals surface area contributed by atoms with E-state index in [0.717, 1.165) is 22.3 Å². The fraction of sp³-hybridized carbons (Fsp3) is 0.471. The van der Waals surface area contributed by atoms with Crippen LogP contribution in [0.2, 0.25) is 0 Å². The molecule has 1 heterocycles. The zero-order chi connectivity index (χ0) is 20.1. The number of nitrogens with two attached hydrogens (primary N) is 1. The first-order chi connectivity index (χ1) is 13.3. The van der Waals surface area contributed by atoms with E-state index in [4.69, 9.17) is 5.14 Å². The number of primary sulfonamides is 1. The molecule has 28 heavy (non-hydrogen) atoms. The van der Waals surface area contributed by atoms with Crippen LogP contribution in [0, 0.1) is 0 Å². The Morgan fingerprint density at radius 1 is 1.21 bits per heavy atom. The van der Waals surface area contributed by atoms with Crippen LogP contribution in [0.25, 0.3) is 0 Å². The fourth-order valence-corrected chi connectivity index (χ4v) is 5.40. The van der Waals surface area contributed by atoms with Crippen molar-refractivity contribution in [3.8, 4) is 0 Å². The highest BCUT2D eigenvalue weighted by atomic mass is 32.2. The first-order valence-corrected chi connectivity index (χ1v) is 12.3. The molecule has 1 saturated carbocycles. The van der Waals surface area contributed by atoms with Crippen LogP contribution in [0.4, 0.5) is 10.8 Å². The number of sulfonamides is 1. The van der Waals surface area contributed by atoms with Crippen LogP contribution >= 0.6 is 23.1 Å². The minimum atomic E-state index is -3.75. The van der Waals surface area contributed by atoms with Gasteiger partial charge < -0.3 is 10.6 Å². The third-order valence-electron chi connectivity index (χ3n) is 4.44. The van der Waals surface area contributed by atoms with E-state index in [1.54, 1.807) is 6.92 Å². The number of hydrogen-bond acceptors (Lipinski definition) is 8. The van der Waals surface area contributed by atoms with Gasteiger partial charge in [0.15, 0.2) is 4.34 Å². The Hall–Kier alpha value is -1.69. The molecule has 4 N–H and O–H groups in total. The van der Waals surface area contributed by atoms with E-state index in [-0.39, 0.29) is 16.1 Å². The van der Waals surface area contributed by atoms with Crippen molar-refractivity contribution in [1.82, 2.24) is 10.2 Å². The van der Waals surface area contributed by atoms with Gasteiger partial charge in [-0.2, -0.15) is 0 Å². The number of aromatic nitrogens is 2. The zero-order valence-corrected chi connectivity index (χ0v) is 17.9. The monoisotopic (exact) mass is 441 g/mol. The molecule has 1 amide bonds. The molecule has 2 aromatic rings. The van der Waals surface area contributed by atoms with Gasteiger partial charge in [0.2, 0.25) is 21.1 Å². The van der Waals surface area contributed by atoms with Gasteiger partial charge in [-0.05, 0) is 44.0 Å². The first-order valence-electron chi connectivity index (χ1n) is 9.02. The van der Waals surface area contributed by atoms with Gasteiger partial charge in [-0.1, -0.05) is 42.4 Å². The summed E-state index contributed by atoms with van der Waals surface area (Å²) < 4.78 is 23.3. The average molecular weight is 442 g/mol. The molecule has 0 aliphatic heterocycles. The molecule has 0 radical (unpaired) electrons. The topological polar surface area (TPSA) is 127 Å². The fourth-order valence-electron chi connectivity index (χ4n) is 2.91. The second-order valence-electron chi connectivity index (χ2n) is 6.67. The lowest BCUT2D eigenvalue weighted by Crippen LogP contribution is -2.22. The number of carbonyl (C=O) groups is 1. The van der Waals surface area contributed by atoms with Gasteiger partial charge in [-0.25, -0.2) is 13.6 Å². The van der Waals surface area contributed by atoms with Gasteiger partial charge >= 0.3 is 0 Å². The van der Waals surface area contributed by atoms with E-state index < -0.39 is 10.0 Å². The maximum absolute atomic E-state index is 12.4. The summed E-state index contributed by atoms with van der Waals surface area (Å²) in [7, 11) is -3.75. The average Bonchev–Trinajstić information content (AvgIpc) is 3.09. The largest absolute Gasteiger partial charge is 0.357 e. The lowest BCUT2D eigenvalue weighted by molar-refractivity contribution is -0.115. The number of rotatable bonds is 7. The SMILES string of the molecule is CC(Sc1nnc(NC2CCCCC2)s1)C(=O)Nc1ccc(S(N)(=O)=O)cc1. The van der Waals surface area contributed by atoms with E-state index in [9.17, 15) is 13.2 Å². The molecule has 1 aliphatic carbocycles. The van der Waals surface area contributed by atoms with Gasteiger partial charge in [0.25, 0.3) is 0 Å². The molecule has 1 aromatic heterocycles. The minimum Gasteiger partial charge on any atom is -0.357 e. The normalized spacial score (nSPS) is 16.5. The molecule has 1 atom stereocenters. The van der Waals surface area contributed by atoms with Crippen LogP contribution in [-0.2, 0) is 14.8 Å². The van der Waals surface area contributed by atoms with Crippen molar-refractivity contribution in [3.63, 3.8) is 0 Å². The van der Waals surface area contributed by atoms with Crippen LogP contribution in [0.3, 0.4) is 0 Å². The molecule has 1 fully saturated rings. The molecule has 1 aromatic carbocycles. The molecule has 3 rings (SSSR count). The van der Waals surface area contributed by atoms with Crippen molar-refractivity contribution >= 4 is 49.8 Å². The molecular formula is C17H23N5O3S3. The van der Waals surface area contributed by atoms with Crippen LogP contribution < -0.4 is 15.8 Å². The lowest BCUT2D eigenvalue weighted by Gasteiger charge is -2.21. The second kappa shape index (κ2) is 9.21. The highest BCUT2D eigenvalue weighted by Crippen LogP contribution is 2.31. The number of nitrogens with one attached hydrogen (secondary N) is 2. The van der Waals surface area contributed by atoms with Gasteiger partial charge in [-0.3, -0.25) is 4.79 Å². The third kappa shape index (κ3) is 5.90. The number of nitrogens with zero attached hydrogens (tertiary/aromatic N) is 2. The Bertz CT molecular complexity index is 908. The van der Waals surface area contributed by atoms with Gasteiger partial charge in [0, 0.05) is 11.7 Å². The summed E-state index contributed by atoms with van der Waals surface area (Å²) in [6.07, 6.45) is 6.10. The van der Waals surface area contributed by atoms with Crippen LogP contribution in [-0.4, -0.2) is 35.8 Å². The zero-order valence-electron chi connectivity index (χ0n) is 15.4. The Balaban J connectivity index is 1.52. The number of carbonyl (C=O) groups excluding carboxylic acids is 1. The highest BCUT2D eigenvalue weighted by Gasteiger charge is 2.19. The number of anilines is 2. The summed E-state index contributed by atoms with van der Waals surface area (Å²) in [5, 5.41) is 20.0. The van der Waals surface area contributed by atoms with Gasteiger partial charge in [0.05, 0.1) is 10.1 Å². The molecular weight excluding hydrogens is 418 g/mol. The quantitative estimate of drug-likeness (QED) is 0.564. The summed E-state index contributed by atoms with van der Waals surface area (Å²) in [5.41, 5.74) is 0.502. The van der Waals surface area contributed by atoms with E-state index in [0.29, 0.717) is 11.7 Å². The van der Waals surface area contributed by atoms with Crippen molar-refractivity contribution in [2.24, 2.45) is 5.14 Å². The Morgan fingerprint density at radius 3 is 2.54 bits per heavy atom. The minimum absolute atomic E-state index is 0.000206. The summed E-state index contributed by atoms with van der Waals surface area (Å²) in [6.45, 7) is 1.79. The molecule has 152 valence electrons. The Morgan fingerprint density at radius 2 is 1.89 bits per heavy atom. The van der Waals surface area contributed by atoms with Crippen LogP contribution in [0.15, 0.2) is 33.5 Å². The highest BCUT2D eigenvalue weighted by molar-refractivity contribution is 8.02. The molecule has 0 bridgehead atoms. The number of benzene rings is 1. The van der Waals surface area contributed by atoms with Crippen molar-refractivity contribution < 1.29 is 13.2 Å². The van der Waals surface area contributed by atoms with E-state index in [2.05, 4.69) is 20.8 Å². The van der Waals surface area contributed by atoms with Crippen molar-refractivity contribution in [2.75, 3.05) is 10.6 Å². The number of amides is 1. The summed E-state index contributed by atoms with van der Waals surface area (Å²) >= 11 is 2.79. The maximum Gasteiger partial charge on any atom is 0.238 e. The molecule has 0 saturated heterocycles. The number of thioether (sulfide) groups is 1. The van der Waals surface area contributed by atoms with Gasteiger partial charge in [-0.15, -0.1) is 10.2 Å². The van der Waals surface area contributed by atoms with Crippen molar-refractivity contribution in [2.45, 2.75) is 59.6 Å². The molecule has 1 aliphatic rings. The van der Waals surface area contributed by atoms with Crippen molar-refractivity contribution in [3.05, 3.63) is 24.3 Å². The van der Waals surface area contributed by atoms with Gasteiger partial charge in [0.1, 0.15) is 0 Å². The standard InChI is InChI=1S/C17H23N5O3S3/c1-11(15(23)19-13-7-9-14(10-8-13)28(18,24)25)26-17-22-21-16(27-17)20-12-5-3-2-4-6-12/h7-12H,2-6H2,1H3,(H,19,23)(H,20,21)(H2,18,24,25). The maximum atomic E-state index is 12.4. The predicted molar refractivity (Wildman–Crippen MR) is 112 cm³/mol. The third-order valence-corrected chi connectivity index (χ3v) is 7.40. The molecule has 11 heteroatoms. The molecule has 1 unspecified atom stereocenters. The summed E-state index contributed by atoms with van der Waals surface area (Å²) in [4.78, 5) is 12.4. The van der Waals surface area contributed by atoms with E-state index in [1.807, 2.05) is 0 Å². The molecule has 0 spiro atoms. The summed E-state index contributed by atoms with van der Waals surface area (Å²) in [6, 6.07) is 6.19. The second-order valence-corrected chi connectivity index (χ2v) is 10.8. The van der Waals surface area contributed by atoms with Crippen molar-refractivity contribution in [1.29, 1.82) is 0 Å². The lowest BCUT2D eigenvalue weighted by atomic mass is 9.96. The Labute approximate surface area is 172 Å².